The van der Waals surface area contributed by atoms with E-state index in [1.165, 1.54) is 38.5 Å². The summed E-state index contributed by atoms with van der Waals surface area (Å²) in [6, 6.07) is 2.25. The monoisotopic (exact) mass is 434 g/mol. The molecule has 3 nitrogen and oxygen atoms in total. The Kier molecular flexibility index (Phi) is 9.51. The van der Waals surface area contributed by atoms with E-state index in [9.17, 15) is 0 Å². The van der Waals surface area contributed by atoms with Crippen LogP contribution < -0.4 is 0 Å². The van der Waals surface area contributed by atoms with Gasteiger partial charge in [0.2, 0.25) is 0 Å². The molecule has 0 spiro atoms. The summed E-state index contributed by atoms with van der Waals surface area (Å²) in [5, 5.41) is 0. The van der Waals surface area contributed by atoms with Crippen LogP contribution in [0, 0.1) is 5.92 Å². The van der Waals surface area contributed by atoms with E-state index in [0.29, 0.717) is 0 Å². The average molecular weight is 435 g/mol. The molecule has 7 heteroatoms. The Morgan fingerprint density at radius 1 is 0.692 bits per heavy atom. The standard InChI is InChI=1S/C19H46O3Si4/c1-23(2,3)21-26(9,22-24(4,5)6)18-17-25(7,8)20-16-15-19-13-11-10-12-14-19/h19H,10-18H2,1-9H3. The van der Waals surface area contributed by atoms with Gasteiger partial charge in [0, 0.05) is 6.61 Å². The smallest absolute Gasteiger partial charge is 0.314 e. The maximum Gasteiger partial charge on any atom is 0.314 e. The lowest BCUT2D eigenvalue weighted by atomic mass is 9.87. The average Bonchev–Trinajstić information content (AvgIpc) is 2.42. The fourth-order valence-corrected chi connectivity index (χ4v) is 20.8. The van der Waals surface area contributed by atoms with E-state index >= 15 is 0 Å². The van der Waals surface area contributed by atoms with Crippen molar-refractivity contribution in [3.05, 3.63) is 0 Å². The van der Waals surface area contributed by atoms with Crippen LogP contribution in [0.5, 0.6) is 0 Å². The van der Waals surface area contributed by atoms with Crippen molar-refractivity contribution in [3.8, 4) is 0 Å². The summed E-state index contributed by atoms with van der Waals surface area (Å²) in [6.45, 7) is 21.7. The van der Waals surface area contributed by atoms with Gasteiger partial charge in [0.25, 0.3) is 0 Å². The summed E-state index contributed by atoms with van der Waals surface area (Å²) in [6.07, 6.45) is 8.40. The quantitative estimate of drug-likeness (QED) is 0.329. The fraction of sp³-hybridized carbons (Fsp3) is 1.00. The van der Waals surface area contributed by atoms with Gasteiger partial charge in [-0.15, -0.1) is 0 Å². The van der Waals surface area contributed by atoms with Crippen molar-refractivity contribution in [3.63, 3.8) is 0 Å². The summed E-state index contributed by atoms with van der Waals surface area (Å²) in [5.74, 6) is 0.915. The maximum atomic E-state index is 6.65. The normalized spacial score (nSPS) is 18.3. The van der Waals surface area contributed by atoms with Crippen molar-refractivity contribution in [1.29, 1.82) is 0 Å². The lowest BCUT2D eigenvalue weighted by Gasteiger charge is -2.39. The molecule has 0 aliphatic heterocycles. The molecule has 0 heterocycles. The van der Waals surface area contributed by atoms with Gasteiger partial charge in [-0.05, 0) is 83.4 Å². The van der Waals surface area contributed by atoms with E-state index in [4.69, 9.17) is 12.7 Å². The molecular formula is C19H46O3Si4. The second kappa shape index (κ2) is 9.98. The Morgan fingerprint density at radius 2 is 1.19 bits per heavy atom. The fourth-order valence-electron chi connectivity index (χ4n) is 4.00. The highest BCUT2D eigenvalue weighted by Crippen LogP contribution is 2.30. The highest BCUT2D eigenvalue weighted by atomic mass is 28.5. The highest BCUT2D eigenvalue weighted by molar-refractivity contribution is 6.88. The lowest BCUT2D eigenvalue weighted by Crippen LogP contribution is -2.53. The van der Waals surface area contributed by atoms with Gasteiger partial charge in [-0.25, -0.2) is 0 Å². The van der Waals surface area contributed by atoms with Gasteiger partial charge in [0.1, 0.15) is 0 Å². The van der Waals surface area contributed by atoms with Gasteiger partial charge < -0.3 is 12.7 Å². The van der Waals surface area contributed by atoms with Crippen molar-refractivity contribution >= 4 is 33.5 Å². The van der Waals surface area contributed by atoms with E-state index in [0.717, 1.165) is 24.6 Å². The molecule has 0 amide bonds. The van der Waals surface area contributed by atoms with E-state index in [2.05, 4.69) is 58.9 Å². The molecule has 1 rings (SSSR count). The Bertz CT molecular complexity index is 394. The Balaban J connectivity index is 2.52. The van der Waals surface area contributed by atoms with E-state index < -0.39 is 33.5 Å². The molecule has 1 saturated carbocycles. The van der Waals surface area contributed by atoms with Crippen LogP contribution in [0.1, 0.15) is 38.5 Å². The molecule has 0 bridgehead atoms. The molecule has 0 saturated heterocycles. The first-order valence-electron chi connectivity index (χ1n) is 10.7. The van der Waals surface area contributed by atoms with Gasteiger partial charge in [-0.1, -0.05) is 32.1 Å². The molecule has 0 aromatic heterocycles. The van der Waals surface area contributed by atoms with Crippen LogP contribution in [0.15, 0.2) is 0 Å². The molecule has 1 aliphatic carbocycles. The van der Waals surface area contributed by atoms with Crippen molar-refractivity contribution < 1.29 is 12.7 Å². The van der Waals surface area contributed by atoms with Crippen LogP contribution in [-0.4, -0.2) is 40.1 Å². The molecule has 1 aliphatic rings. The van der Waals surface area contributed by atoms with Crippen LogP contribution in [0.2, 0.25) is 71.0 Å². The summed E-state index contributed by atoms with van der Waals surface area (Å²) in [7, 11) is -6.97. The minimum atomic E-state index is -2.12. The van der Waals surface area contributed by atoms with Crippen LogP contribution in [0.25, 0.3) is 0 Å². The summed E-state index contributed by atoms with van der Waals surface area (Å²) < 4.78 is 19.8. The predicted octanol–water partition coefficient (Wildman–Crippen LogP) is 6.95. The molecule has 0 radical (unpaired) electrons. The van der Waals surface area contributed by atoms with Crippen LogP contribution in [0.4, 0.5) is 0 Å². The van der Waals surface area contributed by atoms with Crippen LogP contribution >= 0.6 is 0 Å². The van der Waals surface area contributed by atoms with Crippen molar-refractivity contribution in [2.75, 3.05) is 6.61 Å². The van der Waals surface area contributed by atoms with Gasteiger partial charge in [0.05, 0.1) is 0 Å². The number of hydrogen-bond acceptors (Lipinski definition) is 3. The van der Waals surface area contributed by atoms with Gasteiger partial charge in [-0.3, -0.25) is 0 Å². The molecule has 0 aromatic rings. The van der Waals surface area contributed by atoms with Gasteiger partial charge in [0.15, 0.2) is 25.0 Å². The Labute approximate surface area is 168 Å². The van der Waals surface area contributed by atoms with E-state index in [1.807, 2.05) is 0 Å². The van der Waals surface area contributed by atoms with Gasteiger partial charge >= 0.3 is 8.56 Å². The van der Waals surface area contributed by atoms with Crippen molar-refractivity contribution in [1.82, 2.24) is 0 Å². The SMILES string of the molecule is C[Si](C)(C)O[Si](C)(CC[Si](C)(C)OCCC1CCCCC1)O[Si](C)(C)C. The van der Waals surface area contributed by atoms with Crippen molar-refractivity contribution in [2.24, 2.45) is 5.92 Å². The molecule has 26 heavy (non-hydrogen) atoms. The van der Waals surface area contributed by atoms with Crippen molar-refractivity contribution in [2.45, 2.75) is 110 Å². The third-order valence-electron chi connectivity index (χ3n) is 4.97. The maximum absolute atomic E-state index is 6.65. The second-order valence-electron chi connectivity index (χ2n) is 11.0. The first-order chi connectivity index (χ1) is 11.7. The minimum absolute atomic E-state index is 0.915. The predicted molar refractivity (Wildman–Crippen MR) is 125 cm³/mol. The molecular weight excluding hydrogens is 389 g/mol. The second-order valence-corrected chi connectivity index (χ2v) is 28.1. The zero-order valence-corrected chi connectivity index (χ0v) is 23.2. The topological polar surface area (TPSA) is 27.7 Å². The van der Waals surface area contributed by atoms with Crippen LogP contribution in [0.3, 0.4) is 0 Å². The lowest BCUT2D eigenvalue weighted by molar-refractivity contribution is 0.239. The van der Waals surface area contributed by atoms with Gasteiger partial charge in [-0.2, -0.15) is 0 Å². The third kappa shape index (κ3) is 11.6. The third-order valence-corrected chi connectivity index (χ3v) is 17.4. The summed E-state index contributed by atoms with van der Waals surface area (Å²) in [5.41, 5.74) is 0. The van der Waals surface area contributed by atoms with E-state index in [-0.39, 0.29) is 0 Å². The first kappa shape index (κ1) is 24.8. The molecule has 0 N–H and O–H groups in total. The molecule has 0 unspecified atom stereocenters. The number of hydrogen-bond donors (Lipinski definition) is 0. The zero-order chi connectivity index (χ0) is 20.1. The highest BCUT2D eigenvalue weighted by Gasteiger charge is 2.41. The molecule has 0 aromatic carbocycles. The van der Waals surface area contributed by atoms with E-state index in [1.54, 1.807) is 0 Å². The number of rotatable bonds is 11. The zero-order valence-electron chi connectivity index (χ0n) is 19.2. The molecule has 156 valence electrons. The van der Waals surface area contributed by atoms with Crippen LogP contribution in [-0.2, 0) is 12.7 Å². The Hall–Kier alpha value is 0.748. The first-order valence-corrected chi connectivity index (χ1v) is 23.2. The molecule has 0 atom stereocenters. The minimum Gasteiger partial charge on any atom is -0.437 e. The summed E-state index contributed by atoms with van der Waals surface area (Å²) in [4.78, 5) is 0. The molecule has 1 fully saturated rings. The Morgan fingerprint density at radius 3 is 1.65 bits per heavy atom. The largest absolute Gasteiger partial charge is 0.437 e. The summed E-state index contributed by atoms with van der Waals surface area (Å²) >= 11 is 0.